The first-order chi connectivity index (χ1) is 15.8. The topological polar surface area (TPSA) is 126 Å². The largest absolute Gasteiger partial charge is 0.480 e. The molecular weight excluding hydrogens is 426 g/mol. The monoisotopic (exact) mass is 455 g/mol. The van der Waals surface area contributed by atoms with E-state index in [9.17, 15) is 24.6 Å². The summed E-state index contributed by atoms with van der Waals surface area (Å²) in [5, 5.41) is 21.5. The van der Waals surface area contributed by atoms with Crippen molar-refractivity contribution in [1.29, 1.82) is 0 Å². The zero-order valence-electron chi connectivity index (χ0n) is 18.6. The van der Waals surface area contributed by atoms with Gasteiger partial charge >= 0.3 is 11.9 Å². The highest BCUT2D eigenvalue weighted by Gasteiger charge is 2.18. The molecule has 2 bridgehead atoms. The standard InChI is InChI=1S/C23H29N5O5/c1-26-7-9-27(15-21(29)30)13-19-11-18(25-23(33)17-5-3-2-4-6-17)12-20(24-19)14-28(10-8-26)16-22(31)32/h2-6,11-12H,7-10,13-16H2,1H3,(H,29,30)(H,31,32)(H,24,25,33). The van der Waals surface area contributed by atoms with E-state index in [0.29, 0.717) is 61.9 Å². The Morgan fingerprint density at radius 1 is 0.879 bits per heavy atom. The number of benzene rings is 1. The molecule has 1 aliphatic heterocycles. The number of pyridine rings is 1. The fourth-order valence-corrected chi connectivity index (χ4v) is 3.68. The minimum Gasteiger partial charge on any atom is -0.480 e. The van der Waals surface area contributed by atoms with Gasteiger partial charge in [-0.3, -0.25) is 29.2 Å². The number of rotatable bonds is 6. The number of carboxylic acids is 2. The summed E-state index contributed by atoms with van der Waals surface area (Å²) < 4.78 is 0. The first-order valence-corrected chi connectivity index (χ1v) is 10.7. The third-order valence-corrected chi connectivity index (χ3v) is 5.31. The second-order valence-corrected chi connectivity index (χ2v) is 8.17. The molecule has 176 valence electrons. The third-order valence-electron chi connectivity index (χ3n) is 5.31. The van der Waals surface area contributed by atoms with Crippen LogP contribution in [0.2, 0.25) is 0 Å². The van der Waals surface area contributed by atoms with E-state index in [0.717, 1.165) is 0 Å². The molecule has 0 saturated carbocycles. The van der Waals surface area contributed by atoms with Crippen molar-refractivity contribution < 1.29 is 24.6 Å². The number of nitrogens with zero attached hydrogens (tertiary/aromatic N) is 4. The molecule has 0 fully saturated rings. The number of nitrogens with one attached hydrogen (secondary N) is 1. The van der Waals surface area contributed by atoms with Crippen LogP contribution in [0.1, 0.15) is 21.7 Å². The summed E-state index contributed by atoms with van der Waals surface area (Å²) in [4.78, 5) is 45.7. The maximum absolute atomic E-state index is 12.7. The van der Waals surface area contributed by atoms with E-state index < -0.39 is 11.9 Å². The fraction of sp³-hybridized carbons (Fsp3) is 0.391. The lowest BCUT2D eigenvalue weighted by Gasteiger charge is -2.28. The number of carbonyl (C=O) groups excluding carboxylic acids is 1. The van der Waals surface area contributed by atoms with Gasteiger partial charge < -0.3 is 20.4 Å². The summed E-state index contributed by atoms with van der Waals surface area (Å²) in [7, 11) is 1.93. The van der Waals surface area contributed by atoms with Crippen molar-refractivity contribution in [3.8, 4) is 0 Å². The van der Waals surface area contributed by atoms with Gasteiger partial charge in [-0.15, -0.1) is 0 Å². The Labute approximate surface area is 192 Å². The maximum Gasteiger partial charge on any atom is 0.317 e. The number of amides is 1. The van der Waals surface area contributed by atoms with E-state index in [-0.39, 0.29) is 19.0 Å². The van der Waals surface area contributed by atoms with Crippen LogP contribution < -0.4 is 5.32 Å². The van der Waals surface area contributed by atoms with Crippen LogP contribution in [0.15, 0.2) is 42.5 Å². The third kappa shape index (κ3) is 7.94. The Kier molecular flexibility index (Phi) is 8.47. The van der Waals surface area contributed by atoms with Crippen LogP contribution in [0.5, 0.6) is 0 Å². The maximum atomic E-state index is 12.7. The van der Waals surface area contributed by atoms with Crippen molar-refractivity contribution in [3.63, 3.8) is 0 Å². The number of aromatic nitrogens is 1. The van der Waals surface area contributed by atoms with Gasteiger partial charge in [0.1, 0.15) is 0 Å². The molecule has 0 aliphatic carbocycles. The summed E-state index contributed by atoms with van der Waals surface area (Å²) in [5.41, 5.74) is 2.25. The van der Waals surface area contributed by atoms with Crippen molar-refractivity contribution >= 4 is 23.5 Å². The van der Waals surface area contributed by atoms with E-state index in [1.54, 1.807) is 46.2 Å². The van der Waals surface area contributed by atoms with Crippen LogP contribution in [0.4, 0.5) is 5.69 Å². The summed E-state index contributed by atoms with van der Waals surface area (Å²) in [6, 6.07) is 12.3. The number of aliphatic carboxylic acids is 2. The molecule has 0 unspecified atom stereocenters. The number of carbonyl (C=O) groups is 3. The minimum absolute atomic E-state index is 0.128. The fourth-order valence-electron chi connectivity index (χ4n) is 3.68. The van der Waals surface area contributed by atoms with Crippen molar-refractivity contribution in [2.75, 3.05) is 51.6 Å². The Morgan fingerprint density at radius 3 is 1.88 bits per heavy atom. The zero-order valence-corrected chi connectivity index (χ0v) is 18.6. The van der Waals surface area contributed by atoms with Crippen LogP contribution in [0.3, 0.4) is 0 Å². The Morgan fingerprint density at radius 2 is 1.39 bits per heavy atom. The van der Waals surface area contributed by atoms with E-state index >= 15 is 0 Å². The number of likely N-dealkylation sites (N-methyl/N-ethyl adjacent to an activating group) is 1. The second-order valence-electron chi connectivity index (χ2n) is 8.17. The van der Waals surface area contributed by atoms with Gasteiger partial charge in [0.2, 0.25) is 0 Å². The average Bonchev–Trinajstić information content (AvgIpc) is 2.75. The second kappa shape index (κ2) is 11.5. The molecule has 3 N–H and O–H groups in total. The molecule has 2 heterocycles. The van der Waals surface area contributed by atoms with E-state index in [1.807, 2.05) is 13.1 Å². The van der Waals surface area contributed by atoms with E-state index in [4.69, 9.17) is 0 Å². The van der Waals surface area contributed by atoms with E-state index in [1.165, 1.54) is 0 Å². The highest BCUT2D eigenvalue weighted by atomic mass is 16.4. The van der Waals surface area contributed by atoms with Crippen molar-refractivity contribution in [2.45, 2.75) is 13.1 Å². The lowest BCUT2D eigenvalue weighted by molar-refractivity contribution is -0.139. The Hall–Kier alpha value is -3.34. The molecule has 1 aromatic carbocycles. The molecular formula is C23H29N5O5. The van der Waals surface area contributed by atoms with Crippen LogP contribution >= 0.6 is 0 Å². The van der Waals surface area contributed by atoms with Gasteiger partial charge in [0, 0.05) is 50.5 Å². The quantitative estimate of drug-likeness (QED) is 0.586. The lowest BCUT2D eigenvalue weighted by Crippen LogP contribution is -2.41. The number of hydrogen-bond donors (Lipinski definition) is 3. The Balaban J connectivity index is 1.91. The van der Waals surface area contributed by atoms with E-state index in [2.05, 4.69) is 15.2 Å². The molecule has 0 radical (unpaired) electrons. The molecule has 10 nitrogen and oxygen atoms in total. The Bertz CT molecular complexity index is 936. The van der Waals surface area contributed by atoms with Gasteiger partial charge in [0.25, 0.3) is 5.91 Å². The number of hydrogen-bond acceptors (Lipinski definition) is 7. The van der Waals surface area contributed by atoms with Crippen LogP contribution in [0, 0.1) is 0 Å². The molecule has 0 spiro atoms. The lowest BCUT2D eigenvalue weighted by atomic mass is 10.2. The molecule has 10 heteroatoms. The van der Waals surface area contributed by atoms with Crippen molar-refractivity contribution in [2.24, 2.45) is 0 Å². The smallest absolute Gasteiger partial charge is 0.317 e. The predicted molar refractivity (Wildman–Crippen MR) is 122 cm³/mol. The summed E-state index contributed by atoms with van der Waals surface area (Å²) in [6.07, 6.45) is 0. The zero-order chi connectivity index (χ0) is 23.8. The van der Waals surface area contributed by atoms with Gasteiger partial charge in [-0.2, -0.15) is 0 Å². The van der Waals surface area contributed by atoms with Crippen molar-refractivity contribution in [1.82, 2.24) is 19.7 Å². The molecule has 1 aromatic heterocycles. The molecule has 0 saturated heterocycles. The highest BCUT2D eigenvalue weighted by Crippen LogP contribution is 2.17. The summed E-state index contributed by atoms with van der Waals surface area (Å²) in [5.74, 6) is -2.12. The molecule has 1 amide bonds. The predicted octanol–water partition coefficient (Wildman–Crippen LogP) is 1.05. The van der Waals surface area contributed by atoms with Gasteiger partial charge in [-0.1, -0.05) is 18.2 Å². The van der Waals surface area contributed by atoms with Crippen molar-refractivity contribution in [3.05, 3.63) is 59.4 Å². The van der Waals surface area contributed by atoms with Crippen LogP contribution in [0.25, 0.3) is 0 Å². The van der Waals surface area contributed by atoms with Gasteiger partial charge in [0.15, 0.2) is 0 Å². The van der Waals surface area contributed by atoms with Gasteiger partial charge in [-0.25, -0.2) is 0 Å². The molecule has 2 aromatic rings. The molecule has 33 heavy (non-hydrogen) atoms. The first kappa shape index (κ1) is 24.3. The van der Waals surface area contributed by atoms with Crippen LogP contribution in [-0.4, -0.2) is 94.1 Å². The average molecular weight is 456 g/mol. The molecule has 3 rings (SSSR count). The summed E-state index contributed by atoms with van der Waals surface area (Å²) in [6.45, 7) is 2.62. The number of carboxylic acid groups (broad SMARTS) is 2. The minimum atomic E-state index is -0.925. The number of anilines is 1. The van der Waals surface area contributed by atoms with Gasteiger partial charge in [-0.05, 0) is 31.3 Å². The SMILES string of the molecule is CN1CCN(CC(=O)O)Cc2cc(NC(=O)c3ccccc3)cc(n2)CN(CC(=O)O)CC1. The normalized spacial score (nSPS) is 16.4. The van der Waals surface area contributed by atoms with Gasteiger partial charge in [0.05, 0.1) is 24.5 Å². The number of fused-ring (bicyclic) bond motifs is 2. The molecule has 0 atom stereocenters. The highest BCUT2D eigenvalue weighted by molar-refractivity contribution is 6.04. The first-order valence-electron chi connectivity index (χ1n) is 10.7. The summed E-state index contributed by atoms with van der Waals surface area (Å²) >= 11 is 0. The molecule has 1 aliphatic rings. The van der Waals surface area contributed by atoms with Crippen LogP contribution in [-0.2, 0) is 22.7 Å².